The Kier molecular flexibility index (Phi) is 3.72. The number of aromatic nitrogens is 1. The van der Waals surface area contributed by atoms with E-state index >= 15 is 0 Å². The Balaban J connectivity index is 1.88. The average molecular weight is 223 g/mol. The van der Waals surface area contributed by atoms with Crippen LogP contribution < -0.4 is 5.73 Å². The second-order valence-electron chi connectivity index (χ2n) is 4.04. The minimum Gasteiger partial charge on any atom is -0.387 e. The number of hydrogen-bond donors (Lipinski definition) is 1. The number of amidine groups is 1. The molecule has 1 aliphatic carbocycles. The van der Waals surface area contributed by atoms with Crippen LogP contribution in [0.3, 0.4) is 0 Å². The van der Waals surface area contributed by atoms with Crippen molar-refractivity contribution < 1.29 is 0 Å². The fourth-order valence-electron chi connectivity index (χ4n) is 2.02. The SMILES string of the molecule is NC(=NCc1cncs1)C1CCCCC1. The smallest absolute Gasteiger partial charge is 0.0972 e. The molecule has 2 rings (SSSR count). The van der Waals surface area contributed by atoms with Gasteiger partial charge in [0.2, 0.25) is 0 Å². The highest BCUT2D eigenvalue weighted by Gasteiger charge is 2.16. The van der Waals surface area contributed by atoms with Crippen molar-refractivity contribution in [3.8, 4) is 0 Å². The van der Waals surface area contributed by atoms with Crippen LogP contribution in [0.4, 0.5) is 0 Å². The second-order valence-corrected chi connectivity index (χ2v) is 5.01. The van der Waals surface area contributed by atoms with E-state index in [1.807, 2.05) is 11.7 Å². The maximum absolute atomic E-state index is 6.00. The molecule has 0 radical (unpaired) electrons. The molecule has 0 unspecified atom stereocenters. The predicted molar refractivity (Wildman–Crippen MR) is 64.0 cm³/mol. The first-order valence-corrected chi connectivity index (χ1v) is 6.41. The van der Waals surface area contributed by atoms with Gasteiger partial charge in [-0.3, -0.25) is 9.98 Å². The van der Waals surface area contributed by atoms with Crippen LogP contribution in [0, 0.1) is 5.92 Å². The molecule has 0 aliphatic heterocycles. The molecule has 3 nitrogen and oxygen atoms in total. The molecule has 1 fully saturated rings. The lowest BCUT2D eigenvalue weighted by Crippen LogP contribution is -2.25. The van der Waals surface area contributed by atoms with Crippen LogP contribution in [0.2, 0.25) is 0 Å². The second kappa shape index (κ2) is 5.26. The van der Waals surface area contributed by atoms with Gasteiger partial charge in [0.05, 0.1) is 17.9 Å². The average Bonchev–Trinajstić information content (AvgIpc) is 2.80. The molecule has 1 aliphatic rings. The molecule has 0 bridgehead atoms. The monoisotopic (exact) mass is 223 g/mol. The van der Waals surface area contributed by atoms with E-state index in [0.29, 0.717) is 12.5 Å². The molecule has 2 N–H and O–H groups in total. The van der Waals surface area contributed by atoms with E-state index in [9.17, 15) is 0 Å². The Morgan fingerprint density at radius 1 is 1.47 bits per heavy atom. The Hall–Kier alpha value is -0.900. The summed E-state index contributed by atoms with van der Waals surface area (Å²) in [7, 11) is 0. The molecule has 1 saturated carbocycles. The highest BCUT2D eigenvalue weighted by Crippen LogP contribution is 2.23. The van der Waals surface area contributed by atoms with E-state index < -0.39 is 0 Å². The minimum atomic E-state index is 0.534. The third-order valence-corrected chi connectivity index (χ3v) is 3.69. The highest BCUT2D eigenvalue weighted by atomic mass is 32.1. The van der Waals surface area contributed by atoms with Crippen LogP contribution in [0.15, 0.2) is 16.7 Å². The summed E-state index contributed by atoms with van der Waals surface area (Å²) in [4.78, 5) is 9.66. The lowest BCUT2D eigenvalue weighted by Gasteiger charge is -2.20. The Morgan fingerprint density at radius 3 is 2.93 bits per heavy atom. The number of nitrogens with zero attached hydrogens (tertiary/aromatic N) is 2. The number of nitrogens with two attached hydrogens (primary N) is 1. The van der Waals surface area contributed by atoms with Gasteiger partial charge in [-0.25, -0.2) is 0 Å². The van der Waals surface area contributed by atoms with Crippen LogP contribution in [-0.2, 0) is 6.54 Å². The van der Waals surface area contributed by atoms with E-state index in [4.69, 9.17) is 5.73 Å². The summed E-state index contributed by atoms with van der Waals surface area (Å²) in [5, 5.41) is 0. The van der Waals surface area contributed by atoms with Gasteiger partial charge in [-0.1, -0.05) is 19.3 Å². The van der Waals surface area contributed by atoms with Gasteiger partial charge in [0.15, 0.2) is 0 Å². The molecule has 1 heterocycles. The largest absolute Gasteiger partial charge is 0.387 e. The molecular weight excluding hydrogens is 206 g/mol. The zero-order chi connectivity index (χ0) is 10.5. The number of hydrogen-bond acceptors (Lipinski definition) is 3. The molecule has 15 heavy (non-hydrogen) atoms. The summed E-state index contributed by atoms with van der Waals surface area (Å²) in [5.41, 5.74) is 7.83. The van der Waals surface area contributed by atoms with Gasteiger partial charge in [0.1, 0.15) is 0 Å². The Morgan fingerprint density at radius 2 is 2.27 bits per heavy atom. The highest BCUT2D eigenvalue weighted by molar-refractivity contribution is 7.09. The Labute approximate surface area is 94.4 Å². The molecule has 4 heteroatoms. The normalized spacial score (nSPS) is 19.3. The maximum Gasteiger partial charge on any atom is 0.0972 e. The molecule has 1 aromatic rings. The van der Waals surface area contributed by atoms with Gasteiger partial charge in [0, 0.05) is 17.0 Å². The van der Waals surface area contributed by atoms with Crippen LogP contribution in [0.25, 0.3) is 0 Å². The summed E-state index contributed by atoms with van der Waals surface area (Å²) in [5.74, 6) is 1.38. The van der Waals surface area contributed by atoms with Crippen molar-refractivity contribution in [2.75, 3.05) is 0 Å². The quantitative estimate of drug-likeness (QED) is 0.632. The first kappa shape index (κ1) is 10.6. The molecule has 0 amide bonds. The van der Waals surface area contributed by atoms with E-state index in [1.54, 1.807) is 11.3 Å². The molecule has 0 spiro atoms. The van der Waals surface area contributed by atoms with Crippen molar-refractivity contribution in [1.82, 2.24) is 4.98 Å². The van der Waals surface area contributed by atoms with Crippen molar-refractivity contribution in [3.63, 3.8) is 0 Å². The fraction of sp³-hybridized carbons (Fsp3) is 0.636. The van der Waals surface area contributed by atoms with E-state index in [1.165, 1.54) is 37.0 Å². The van der Waals surface area contributed by atoms with Crippen molar-refractivity contribution in [2.24, 2.45) is 16.6 Å². The number of aliphatic imine (C=N–C) groups is 1. The molecule has 82 valence electrons. The van der Waals surface area contributed by atoms with Gasteiger partial charge in [-0.2, -0.15) is 0 Å². The molecule has 0 atom stereocenters. The first-order chi connectivity index (χ1) is 7.36. The third-order valence-electron chi connectivity index (χ3n) is 2.92. The van der Waals surface area contributed by atoms with Crippen molar-refractivity contribution in [2.45, 2.75) is 38.6 Å². The van der Waals surface area contributed by atoms with E-state index in [2.05, 4.69) is 9.98 Å². The summed E-state index contributed by atoms with van der Waals surface area (Å²) in [6.45, 7) is 0.701. The number of thiazole rings is 1. The van der Waals surface area contributed by atoms with Crippen LogP contribution >= 0.6 is 11.3 Å². The molecule has 0 aromatic carbocycles. The molecule has 1 aromatic heterocycles. The van der Waals surface area contributed by atoms with Crippen molar-refractivity contribution in [1.29, 1.82) is 0 Å². The van der Waals surface area contributed by atoms with Crippen molar-refractivity contribution in [3.05, 3.63) is 16.6 Å². The summed E-state index contributed by atoms with van der Waals surface area (Å²) >= 11 is 1.64. The third kappa shape index (κ3) is 3.02. The van der Waals surface area contributed by atoms with Gasteiger partial charge in [-0.05, 0) is 12.8 Å². The Bertz CT molecular complexity index is 313. The predicted octanol–water partition coefficient (Wildman–Crippen LogP) is 2.58. The van der Waals surface area contributed by atoms with Gasteiger partial charge < -0.3 is 5.73 Å². The standard InChI is InChI=1S/C11H17N3S/c12-11(9-4-2-1-3-5-9)14-7-10-6-13-8-15-10/h6,8-9H,1-5,7H2,(H2,12,14). The minimum absolute atomic E-state index is 0.534. The maximum atomic E-state index is 6.00. The zero-order valence-electron chi connectivity index (χ0n) is 8.85. The van der Waals surface area contributed by atoms with E-state index in [0.717, 1.165) is 5.84 Å². The number of rotatable bonds is 3. The van der Waals surface area contributed by atoms with Crippen molar-refractivity contribution >= 4 is 17.2 Å². The van der Waals surface area contributed by atoms with Gasteiger partial charge in [-0.15, -0.1) is 11.3 Å². The summed E-state index contributed by atoms with van der Waals surface area (Å²) in [6.07, 6.45) is 8.28. The first-order valence-electron chi connectivity index (χ1n) is 5.53. The van der Waals surface area contributed by atoms with Gasteiger partial charge >= 0.3 is 0 Å². The fourth-order valence-corrected chi connectivity index (χ4v) is 2.53. The summed E-state index contributed by atoms with van der Waals surface area (Å²) in [6, 6.07) is 0. The topological polar surface area (TPSA) is 51.3 Å². The lowest BCUT2D eigenvalue weighted by atomic mass is 9.88. The molecular formula is C11H17N3S. The van der Waals surface area contributed by atoms with Crippen LogP contribution in [0.5, 0.6) is 0 Å². The van der Waals surface area contributed by atoms with Gasteiger partial charge in [0.25, 0.3) is 0 Å². The van der Waals surface area contributed by atoms with Crippen LogP contribution in [0.1, 0.15) is 37.0 Å². The lowest BCUT2D eigenvalue weighted by molar-refractivity contribution is 0.436. The zero-order valence-corrected chi connectivity index (χ0v) is 9.67. The molecule has 0 saturated heterocycles. The van der Waals surface area contributed by atoms with E-state index in [-0.39, 0.29) is 0 Å². The summed E-state index contributed by atoms with van der Waals surface area (Å²) < 4.78 is 0. The van der Waals surface area contributed by atoms with Crippen LogP contribution in [-0.4, -0.2) is 10.8 Å².